The summed E-state index contributed by atoms with van der Waals surface area (Å²) in [6.45, 7) is 9.43. The van der Waals surface area contributed by atoms with Crippen LogP contribution in [0.15, 0.2) is 5.38 Å². The Morgan fingerprint density at radius 3 is 2.94 bits per heavy atom. The molecule has 0 aliphatic carbocycles. The summed E-state index contributed by atoms with van der Waals surface area (Å²) in [4.78, 5) is 4.54. The van der Waals surface area contributed by atoms with Gasteiger partial charge in [0.2, 0.25) is 0 Å². The molecule has 2 unspecified atom stereocenters. The van der Waals surface area contributed by atoms with Gasteiger partial charge in [-0.25, -0.2) is 4.98 Å². The van der Waals surface area contributed by atoms with E-state index in [9.17, 15) is 0 Å². The van der Waals surface area contributed by atoms with E-state index in [1.54, 1.807) is 11.3 Å². The smallest absolute Gasteiger partial charge is 0.0898 e. The molecule has 0 bridgehead atoms. The van der Waals surface area contributed by atoms with Crippen LogP contribution >= 0.6 is 11.3 Å². The first-order chi connectivity index (χ1) is 7.96. The molecule has 2 heterocycles. The summed E-state index contributed by atoms with van der Waals surface area (Å²) in [5, 5.41) is 6.96. The molecule has 17 heavy (non-hydrogen) atoms. The molecule has 1 fully saturated rings. The summed E-state index contributed by atoms with van der Waals surface area (Å²) in [7, 11) is 0. The molecule has 1 aliphatic heterocycles. The molecule has 96 valence electrons. The molecule has 1 aromatic rings. The van der Waals surface area contributed by atoms with Crippen LogP contribution in [0.2, 0.25) is 0 Å². The van der Waals surface area contributed by atoms with Crippen LogP contribution in [0.1, 0.15) is 50.4 Å². The van der Waals surface area contributed by atoms with Crippen LogP contribution in [0.5, 0.6) is 0 Å². The highest BCUT2D eigenvalue weighted by Crippen LogP contribution is 2.26. The Bertz CT molecular complexity index is 375. The molecule has 0 saturated carbocycles. The molecular weight excluding hydrogens is 232 g/mol. The van der Waals surface area contributed by atoms with Crippen LogP contribution in [-0.2, 0) is 4.74 Å². The van der Waals surface area contributed by atoms with Crippen LogP contribution in [0.3, 0.4) is 0 Å². The van der Waals surface area contributed by atoms with Crippen molar-refractivity contribution in [3.8, 4) is 0 Å². The molecule has 2 atom stereocenters. The van der Waals surface area contributed by atoms with Crippen LogP contribution in [0.25, 0.3) is 0 Å². The molecule has 0 amide bonds. The van der Waals surface area contributed by atoms with Gasteiger partial charge in [0.05, 0.1) is 16.3 Å². The SMILES string of the molecule is Cc1nc(C(C)NC2CCOC(C)(C)C2)cs1. The normalized spacial score (nSPS) is 25.8. The van der Waals surface area contributed by atoms with Gasteiger partial charge in [-0.1, -0.05) is 0 Å². The minimum atomic E-state index is 0.00757. The highest BCUT2D eigenvalue weighted by Gasteiger charge is 2.29. The van der Waals surface area contributed by atoms with E-state index in [4.69, 9.17) is 4.74 Å². The van der Waals surface area contributed by atoms with Gasteiger partial charge < -0.3 is 10.1 Å². The highest BCUT2D eigenvalue weighted by molar-refractivity contribution is 7.09. The van der Waals surface area contributed by atoms with Gasteiger partial charge in [-0.3, -0.25) is 0 Å². The van der Waals surface area contributed by atoms with Crippen LogP contribution in [0.4, 0.5) is 0 Å². The topological polar surface area (TPSA) is 34.2 Å². The lowest BCUT2D eigenvalue weighted by molar-refractivity contribution is -0.0640. The van der Waals surface area contributed by atoms with Gasteiger partial charge in [-0.05, 0) is 40.5 Å². The van der Waals surface area contributed by atoms with Crippen molar-refractivity contribution in [3.63, 3.8) is 0 Å². The summed E-state index contributed by atoms with van der Waals surface area (Å²) in [5.74, 6) is 0. The first-order valence-electron chi connectivity index (χ1n) is 6.28. The Kier molecular flexibility index (Phi) is 3.85. The van der Waals surface area contributed by atoms with Crippen molar-refractivity contribution in [1.82, 2.24) is 10.3 Å². The Morgan fingerprint density at radius 2 is 2.35 bits per heavy atom. The molecule has 4 heteroatoms. The van der Waals surface area contributed by atoms with Gasteiger partial charge >= 0.3 is 0 Å². The number of aryl methyl sites for hydroxylation is 1. The van der Waals surface area contributed by atoms with Gasteiger partial charge in [-0.15, -0.1) is 11.3 Å². The monoisotopic (exact) mass is 254 g/mol. The third kappa shape index (κ3) is 3.50. The van der Waals surface area contributed by atoms with E-state index in [2.05, 4.69) is 43.4 Å². The molecule has 0 radical (unpaired) electrons. The minimum absolute atomic E-state index is 0.00757. The minimum Gasteiger partial charge on any atom is -0.375 e. The molecule has 1 saturated heterocycles. The summed E-state index contributed by atoms with van der Waals surface area (Å²) in [5.41, 5.74) is 1.17. The molecular formula is C13H22N2OS. The number of nitrogens with one attached hydrogen (secondary N) is 1. The lowest BCUT2D eigenvalue weighted by Gasteiger charge is -2.37. The molecule has 3 nitrogen and oxygen atoms in total. The van der Waals surface area contributed by atoms with Gasteiger partial charge in [0, 0.05) is 24.1 Å². The lowest BCUT2D eigenvalue weighted by Crippen LogP contribution is -2.44. The van der Waals surface area contributed by atoms with Gasteiger partial charge in [0.25, 0.3) is 0 Å². The van der Waals surface area contributed by atoms with Crippen LogP contribution in [0, 0.1) is 6.92 Å². The largest absolute Gasteiger partial charge is 0.375 e. The Labute approximate surface area is 108 Å². The number of ether oxygens (including phenoxy) is 1. The van der Waals surface area contributed by atoms with E-state index in [1.807, 2.05) is 0 Å². The van der Waals surface area contributed by atoms with Crippen molar-refractivity contribution in [2.45, 2.75) is 58.2 Å². The molecule has 1 N–H and O–H groups in total. The van der Waals surface area contributed by atoms with Crippen molar-refractivity contribution in [2.75, 3.05) is 6.61 Å². The van der Waals surface area contributed by atoms with E-state index >= 15 is 0 Å². The number of hydrogen-bond acceptors (Lipinski definition) is 4. The predicted molar refractivity (Wildman–Crippen MR) is 71.5 cm³/mol. The van der Waals surface area contributed by atoms with Gasteiger partial charge in [0.1, 0.15) is 0 Å². The Morgan fingerprint density at radius 1 is 1.59 bits per heavy atom. The van der Waals surface area contributed by atoms with Crippen molar-refractivity contribution in [1.29, 1.82) is 0 Å². The maximum Gasteiger partial charge on any atom is 0.0898 e. The van der Waals surface area contributed by atoms with Crippen LogP contribution < -0.4 is 5.32 Å². The van der Waals surface area contributed by atoms with Crippen LogP contribution in [-0.4, -0.2) is 23.2 Å². The van der Waals surface area contributed by atoms with E-state index in [-0.39, 0.29) is 5.60 Å². The fraction of sp³-hybridized carbons (Fsp3) is 0.769. The third-order valence-electron chi connectivity index (χ3n) is 3.26. The van der Waals surface area contributed by atoms with E-state index in [0.717, 1.165) is 30.2 Å². The van der Waals surface area contributed by atoms with Crippen molar-refractivity contribution in [3.05, 3.63) is 16.1 Å². The molecule has 2 rings (SSSR count). The average Bonchev–Trinajstić information content (AvgIpc) is 2.63. The quantitative estimate of drug-likeness (QED) is 0.900. The maximum absolute atomic E-state index is 5.73. The maximum atomic E-state index is 5.73. The second kappa shape index (κ2) is 5.04. The van der Waals surface area contributed by atoms with Crippen molar-refractivity contribution < 1.29 is 4.74 Å². The predicted octanol–water partition coefficient (Wildman–Crippen LogP) is 3.06. The summed E-state index contributed by atoms with van der Waals surface area (Å²) >= 11 is 1.72. The standard InChI is InChI=1S/C13H22N2OS/c1-9(12-8-17-10(2)15-12)14-11-5-6-16-13(3,4)7-11/h8-9,11,14H,5-7H2,1-4H3. The lowest BCUT2D eigenvalue weighted by atomic mass is 9.93. The van der Waals surface area contributed by atoms with E-state index in [1.165, 1.54) is 0 Å². The van der Waals surface area contributed by atoms with Gasteiger partial charge in [-0.2, -0.15) is 0 Å². The zero-order valence-electron chi connectivity index (χ0n) is 11.1. The molecule has 0 spiro atoms. The zero-order valence-corrected chi connectivity index (χ0v) is 11.9. The van der Waals surface area contributed by atoms with Gasteiger partial charge in [0.15, 0.2) is 0 Å². The number of aromatic nitrogens is 1. The number of thiazole rings is 1. The van der Waals surface area contributed by atoms with E-state index < -0.39 is 0 Å². The third-order valence-corrected chi connectivity index (χ3v) is 4.05. The fourth-order valence-corrected chi connectivity index (χ4v) is 3.10. The molecule has 1 aromatic heterocycles. The summed E-state index contributed by atoms with van der Waals surface area (Å²) in [6.07, 6.45) is 2.16. The Balaban J connectivity index is 1.92. The zero-order chi connectivity index (χ0) is 12.5. The summed E-state index contributed by atoms with van der Waals surface area (Å²) < 4.78 is 5.73. The fourth-order valence-electron chi connectivity index (χ4n) is 2.39. The molecule has 0 aromatic carbocycles. The number of nitrogens with zero attached hydrogens (tertiary/aromatic N) is 1. The number of rotatable bonds is 3. The first kappa shape index (κ1) is 13.0. The summed E-state index contributed by atoms with van der Waals surface area (Å²) in [6, 6.07) is 0.870. The van der Waals surface area contributed by atoms with Crippen molar-refractivity contribution in [2.24, 2.45) is 0 Å². The second-order valence-electron chi connectivity index (χ2n) is 5.48. The second-order valence-corrected chi connectivity index (χ2v) is 6.54. The number of hydrogen-bond donors (Lipinski definition) is 1. The Hall–Kier alpha value is -0.450. The molecule has 1 aliphatic rings. The average molecular weight is 254 g/mol. The van der Waals surface area contributed by atoms with Crippen molar-refractivity contribution >= 4 is 11.3 Å². The van der Waals surface area contributed by atoms with E-state index in [0.29, 0.717) is 12.1 Å². The highest BCUT2D eigenvalue weighted by atomic mass is 32.1. The first-order valence-corrected chi connectivity index (χ1v) is 7.16.